The lowest BCUT2D eigenvalue weighted by molar-refractivity contribution is 0.263. The Labute approximate surface area is 177 Å². The van der Waals surface area contributed by atoms with Crippen LogP contribution in [0.4, 0.5) is 5.95 Å². The van der Waals surface area contributed by atoms with E-state index >= 15 is 0 Å². The molecule has 1 saturated heterocycles. The first kappa shape index (κ1) is 20.2. The summed E-state index contributed by atoms with van der Waals surface area (Å²) in [6, 6.07) is 5.34. The molecular weight excluding hydrogens is 439 g/mol. The summed E-state index contributed by atoms with van der Waals surface area (Å²) in [5.41, 5.74) is 0.656. The van der Waals surface area contributed by atoms with Crippen molar-refractivity contribution in [3.05, 3.63) is 34.1 Å². The predicted octanol–water partition coefficient (Wildman–Crippen LogP) is 5.18. The Morgan fingerprint density at radius 1 is 1.04 bits per heavy atom. The largest absolute Gasteiger partial charge is 0.351 e. The number of nitrogens with zero attached hydrogens (tertiary/aromatic N) is 4. The van der Waals surface area contributed by atoms with Gasteiger partial charge in [-0.3, -0.25) is 0 Å². The van der Waals surface area contributed by atoms with Crippen LogP contribution >= 0.6 is 58.0 Å². The zero-order chi connectivity index (χ0) is 18.9. The Bertz CT molecular complexity index is 787. The van der Waals surface area contributed by atoms with Gasteiger partial charge in [0.05, 0.1) is 10.0 Å². The second-order valence-corrected chi connectivity index (χ2v) is 9.25. The first-order valence-corrected chi connectivity index (χ1v) is 9.85. The van der Waals surface area contributed by atoms with Gasteiger partial charge in [0.25, 0.3) is 0 Å². The molecule has 140 valence electrons. The normalized spacial score (nSPS) is 16.7. The maximum absolute atomic E-state index is 6.10. The van der Waals surface area contributed by atoms with Gasteiger partial charge in [-0.2, -0.15) is 9.97 Å². The van der Waals surface area contributed by atoms with Crippen LogP contribution in [0.2, 0.25) is 10.0 Å². The number of nitrogens with one attached hydrogen (secondary N) is 1. The second kappa shape index (κ2) is 8.21. The zero-order valence-electron chi connectivity index (χ0n) is 13.8. The van der Waals surface area contributed by atoms with Gasteiger partial charge in [0, 0.05) is 11.6 Å². The van der Waals surface area contributed by atoms with Crippen LogP contribution in [-0.2, 0) is 3.79 Å². The lowest BCUT2D eigenvalue weighted by Crippen LogP contribution is -2.37. The minimum atomic E-state index is -1.77. The monoisotopic (exact) mass is 453 g/mol. The smallest absolute Gasteiger partial charge is 0.250 e. The van der Waals surface area contributed by atoms with E-state index in [1.807, 2.05) is 0 Å². The van der Waals surface area contributed by atoms with Crippen molar-refractivity contribution in [2.75, 3.05) is 25.5 Å². The summed E-state index contributed by atoms with van der Waals surface area (Å²) in [5, 5.41) is 4.16. The van der Waals surface area contributed by atoms with Crippen LogP contribution in [0.15, 0.2) is 18.2 Å². The molecular formula is C16H16Cl5N5. The summed E-state index contributed by atoms with van der Waals surface area (Å²) >= 11 is 30.1. The van der Waals surface area contributed by atoms with Crippen molar-refractivity contribution in [3.8, 4) is 11.4 Å². The van der Waals surface area contributed by atoms with Crippen molar-refractivity contribution in [2.45, 2.75) is 22.7 Å². The van der Waals surface area contributed by atoms with Crippen LogP contribution in [0, 0.1) is 0 Å². The average Bonchev–Trinajstić information content (AvgIpc) is 2.58. The molecule has 0 amide bonds. The first-order valence-electron chi connectivity index (χ1n) is 7.96. The van der Waals surface area contributed by atoms with Crippen molar-refractivity contribution < 1.29 is 0 Å². The van der Waals surface area contributed by atoms with Crippen LogP contribution in [0.25, 0.3) is 11.4 Å². The van der Waals surface area contributed by atoms with E-state index in [0.29, 0.717) is 27.4 Å². The van der Waals surface area contributed by atoms with Gasteiger partial charge in [-0.15, -0.1) is 0 Å². The van der Waals surface area contributed by atoms with Gasteiger partial charge >= 0.3 is 0 Å². The summed E-state index contributed by atoms with van der Waals surface area (Å²) in [7, 11) is 2.10. The molecule has 0 radical (unpaired) electrons. The standard InChI is InChI=1S/C16H16Cl5N5/c1-26-6-4-10(5-7-26)22-15-24-13(23-14(25-15)16(19,20)21)9-2-3-11(17)12(18)8-9/h2-3,8,10H,4-7H2,1H3,(H,22,23,24,25). The van der Waals surface area contributed by atoms with E-state index in [-0.39, 0.29) is 11.9 Å². The minimum absolute atomic E-state index is 0.0500. The Morgan fingerprint density at radius 2 is 1.73 bits per heavy atom. The van der Waals surface area contributed by atoms with Crippen LogP contribution in [0.3, 0.4) is 0 Å². The van der Waals surface area contributed by atoms with Crippen LogP contribution in [-0.4, -0.2) is 46.0 Å². The van der Waals surface area contributed by atoms with E-state index in [2.05, 4.69) is 32.2 Å². The second-order valence-electron chi connectivity index (χ2n) is 6.15. The number of hydrogen-bond donors (Lipinski definition) is 1. The van der Waals surface area contributed by atoms with Crippen molar-refractivity contribution in [2.24, 2.45) is 0 Å². The van der Waals surface area contributed by atoms with Crippen molar-refractivity contribution in [1.29, 1.82) is 0 Å². The number of alkyl halides is 3. The lowest BCUT2D eigenvalue weighted by atomic mass is 10.1. The molecule has 1 fully saturated rings. The topological polar surface area (TPSA) is 53.9 Å². The van der Waals surface area contributed by atoms with Gasteiger partial charge in [0.2, 0.25) is 9.74 Å². The molecule has 1 N–H and O–H groups in total. The number of halogens is 5. The summed E-state index contributed by atoms with van der Waals surface area (Å²) < 4.78 is -1.77. The van der Waals surface area contributed by atoms with Gasteiger partial charge < -0.3 is 10.2 Å². The quantitative estimate of drug-likeness (QED) is 0.647. The molecule has 2 aromatic rings. The Balaban J connectivity index is 1.95. The van der Waals surface area contributed by atoms with E-state index < -0.39 is 3.79 Å². The number of benzene rings is 1. The minimum Gasteiger partial charge on any atom is -0.351 e. The molecule has 26 heavy (non-hydrogen) atoms. The van der Waals surface area contributed by atoms with Crippen LogP contribution < -0.4 is 5.32 Å². The highest BCUT2D eigenvalue weighted by Gasteiger charge is 2.29. The van der Waals surface area contributed by atoms with E-state index in [9.17, 15) is 0 Å². The summed E-state index contributed by atoms with van der Waals surface area (Å²) in [4.78, 5) is 15.3. The SMILES string of the molecule is CN1CCC(Nc2nc(-c3ccc(Cl)c(Cl)c3)nc(C(Cl)(Cl)Cl)n2)CC1. The lowest BCUT2D eigenvalue weighted by Gasteiger charge is -2.29. The molecule has 10 heteroatoms. The molecule has 1 aliphatic rings. The highest BCUT2D eigenvalue weighted by molar-refractivity contribution is 6.66. The third-order valence-electron chi connectivity index (χ3n) is 4.12. The fraction of sp³-hybridized carbons (Fsp3) is 0.438. The Hall–Kier alpha value is -0.560. The highest BCUT2D eigenvalue weighted by Crippen LogP contribution is 2.37. The number of hydrogen-bond acceptors (Lipinski definition) is 5. The Morgan fingerprint density at radius 3 is 2.35 bits per heavy atom. The molecule has 0 saturated carbocycles. The van der Waals surface area contributed by atoms with Crippen LogP contribution in [0.1, 0.15) is 18.7 Å². The third-order valence-corrected chi connectivity index (χ3v) is 5.36. The summed E-state index contributed by atoms with van der Waals surface area (Å²) in [6.07, 6.45) is 1.96. The molecule has 3 rings (SSSR count). The van der Waals surface area contributed by atoms with E-state index in [1.165, 1.54) is 0 Å². The maximum atomic E-state index is 6.10. The van der Waals surface area contributed by atoms with Gasteiger partial charge in [-0.25, -0.2) is 4.98 Å². The number of rotatable bonds is 3. The molecule has 0 aliphatic carbocycles. The number of anilines is 1. The molecule has 0 atom stereocenters. The van der Waals surface area contributed by atoms with Gasteiger partial charge in [0.15, 0.2) is 11.6 Å². The molecule has 1 aromatic carbocycles. The molecule has 0 bridgehead atoms. The van der Waals surface area contributed by atoms with Crippen molar-refractivity contribution >= 4 is 64.0 Å². The molecule has 0 unspecified atom stereocenters. The predicted molar refractivity (Wildman–Crippen MR) is 109 cm³/mol. The van der Waals surface area contributed by atoms with E-state index in [1.54, 1.807) is 18.2 Å². The highest BCUT2D eigenvalue weighted by atomic mass is 35.6. The molecule has 1 aliphatic heterocycles. The third kappa shape index (κ3) is 5.03. The Kier molecular flexibility index (Phi) is 6.37. The van der Waals surface area contributed by atoms with Crippen molar-refractivity contribution in [1.82, 2.24) is 19.9 Å². The zero-order valence-corrected chi connectivity index (χ0v) is 17.6. The van der Waals surface area contributed by atoms with E-state index in [4.69, 9.17) is 58.0 Å². The molecule has 5 nitrogen and oxygen atoms in total. The average molecular weight is 456 g/mol. The van der Waals surface area contributed by atoms with E-state index in [0.717, 1.165) is 25.9 Å². The van der Waals surface area contributed by atoms with Gasteiger partial charge in [-0.1, -0.05) is 58.0 Å². The number of likely N-dealkylation sites (tertiary alicyclic amines) is 1. The van der Waals surface area contributed by atoms with Crippen LogP contribution in [0.5, 0.6) is 0 Å². The first-order chi connectivity index (χ1) is 12.2. The molecule has 1 aromatic heterocycles. The summed E-state index contributed by atoms with van der Waals surface area (Å²) in [6.45, 7) is 2.00. The maximum Gasteiger partial charge on any atom is 0.250 e. The molecule has 2 heterocycles. The number of piperidine rings is 1. The summed E-state index contributed by atoms with van der Waals surface area (Å²) in [5.74, 6) is 0.779. The molecule has 0 spiro atoms. The fourth-order valence-corrected chi connectivity index (χ4v) is 3.22. The van der Waals surface area contributed by atoms with Gasteiger partial charge in [-0.05, 0) is 51.2 Å². The fourth-order valence-electron chi connectivity index (χ4n) is 2.67. The van der Waals surface area contributed by atoms with Gasteiger partial charge in [0.1, 0.15) is 0 Å². The number of aromatic nitrogens is 3. The van der Waals surface area contributed by atoms with Crippen molar-refractivity contribution in [3.63, 3.8) is 0 Å².